The van der Waals surface area contributed by atoms with Gasteiger partial charge in [-0.25, -0.2) is 0 Å². The number of hydrogen-bond donors (Lipinski definition) is 2. The van der Waals surface area contributed by atoms with Crippen LogP contribution < -0.4 is 0 Å². The Labute approximate surface area is 101 Å². The van der Waals surface area contributed by atoms with Gasteiger partial charge in [0.15, 0.2) is 0 Å². The molecule has 11 heteroatoms. The van der Waals surface area contributed by atoms with Gasteiger partial charge in [-0.2, -0.15) is 21.6 Å². The first-order valence-corrected chi connectivity index (χ1v) is 5.75. The van der Waals surface area contributed by atoms with Crippen molar-refractivity contribution in [1.29, 1.82) is 0 Å². The van der Waals surface area contributed by atoms with Crippen molar-refractivity contribution in [2.45, 2.75) is 5.51 Å². The van der Waals surface area contributed by atoms with Crippen LogP contribution in [0.5, 0.6) is 0 Å². The predicted octanol–water partition coefficient (Wildman–Crippen LogP) is 0.141. The standard InChI is InChI=1S/C6H10N2O2.CHF3O3S/c1-7-2-3-8(5-7)4-6(9)10;2-1(3,4)8(5,6)7/h2-3H,4-5H2,1H3,(H,9,10);(H,5,6,7). The lowest BCUT2D eigenvalue weighted by atomic mass is 10.6. The van der Waals surface area contributed by atoms with Gasteiger partial charge in [0.2, 0.25) is 0 Å². The molecule has 1 heterocycles. The molecule has 1 aliphatic rings. The van der Waals surface area contributed by atoms with Crippen molar-refractivity contribution in [3.8, 4) is 0 Å². The first-order valence-electron chi connectivity index (χ1n) is 4.31. The molecular weight excluding hydrogens is 281 g/mol. The molecule has 0 fully saturated rings. The molecule has 0 unspecified atom stereocenters. The van der Waals surface area contributed by atoms with Gasteiger partial charge in [0.05, 0.1) is 6.67 Å². The van der Waals surface area contributed by atoms with E-state index in [1.807, 2.05) is 18.1 Å². The lowest BCUT2D eigenvalue weighted by Gasteiger charge is -2.14. The second-order valence-electron chi connectivity index (χ2n) is 3.26. The van der Waals surface area contributed by atoms with E-state index >= 15 is 0 Å². The van der Waals surface area contributed by atoms with E-state index in [0.29, 0.717) is 6.67 Å². The summed E-state index contributed by atoms with van der Waals surface area (Å²) >= 11 is 0. The molecule has 0 atom stereocenters. The van der Waals surface area contributed by atoms with E-state index in [1.54, 1.807) is 11.1 Å². The number of nitrogens with zero attached hydrogens (tertiary/aromatic N) is 2. The average molecular weight is 292 g/mol. The van der Waals surface area contributed by atoms with Crippen molar-refractivity contribution >= 4 is 16.1 Å². The summed E-state index contributed by atoms with van der Waals surface area (Å²) < 4.78 is 57.5. The minimum Gasteiger partial charge on any atom is -0.480 e. The Hall–Kier alpha value is -1.49. The molecule has 0 saturated carbocycles. The van der Waals surface area contributed by atoms with Crippen LogP contribution in [0.4, 0.5) is 13.2 Å². The molecule has 0 aromatic heterocycles. The third-order valence-corrected chi connectivity index (χ3v) is 2.15. The van der Waals surface area contributed by atoms with E-state index < -0.39 is 21.6 Å². The van der Waals surface area contributed by atoms with E-state index in [-0.39, 0.29) is 6.54 Å². The predicted molar refractivity (Wildman–Crippen MR) is 53.7 cm³/mol. The number of carboxylic acid groups (broad SMARTS) is 1. The number of alkyl halides is 3. The zero-order chi connectivity index (χ0) is 14.6. The molecule has 1 aliphatic heterocycles. The molecule has 7 nitrogen and oxygen atoms in total. The fraction of sp³-hybridized carbons (Fsp3) is 0.571. The molecule has 0 saturated heterocycles. The van der Waals surface area contributed by atoms with Crippen LogP contribution >= 0.6 is 0 Å². The van der Waals surface area contributed by atoms with Crippen LogP contribution in [0.3, 0.4) is 0 Å². The number of carbonyl (C=O) groups is 1. The quantitative estimate of drug-likeness (QED) is 0.552. The van der Waals surface area contributed by atoms with Crippen LogP contribution in [0, 0.1) is 0 Å². The summed E-state index contributed by atoms with van der Waals surface area (Å²) in [7, 11) is -3.94. The number of rotatable bonds is 2. The molecule has 0 aromatic rings. The summed E-state index contributed by atoms with van der Waals surface area (Å²) in [5.74, 6) is -0.792. The highest BCUT2D eigenvalue weighted by molar-refractivity contribution is 7.86. The Morgan fingerprint density at radius 3 is 2.06 bits per heavy atom. The van der Waals surface area contributed by atoms with Gasteiger partial charge in [-0.1, -0.05) is 0 Å². The zero-order valence-corrected chi connectivity index (χ0v) is 9.94. The van der Waals surface area contributed by atoms with E-state index in [1.165, 1.54) is 0 Å². The second-order valence-corrected chi connectivity index (χ2v) is 4.67. The molecular formula is C7H11F3N2O5S. The highest BCUT2D eigenvalue weighted by atomic mass is 32.2. The topological polar surface area (TPSA) is 98.2 Å². The Bertz CT molecular complexity index is 419. The second kappa shape index (κ2) is 5.91. The van der Waals surface area contributed by atoms with Gasteiger partial charge in [-0.15, -0.1) is 0 Å². The van der Waals surface area contributed by atoms with Crippen molar-refractivity contribution in [3.05, 3.63) is 12.4 Å². The number of aliphatic carboxylic acids is 1. The third-order valence-electron chi connectivity index (χ3n) is 1.57. The van der Waals surface area contributed by atoms with E-state index in [2.05, 4.69) is 0 Å². The Kier molecular flexibility index (Phi) is 5.42. The van der Waals surface area contributed by atoms with Crippen molar-refractivity contribution < 1.29 is 36.0 Å². The van der Waals surface area contributed by atoms with Gasteiger partial charge in [-0.3, -0.25) is 9.35 Å². The molecule has 2 N–H and O–H groups in total. The highest BCUT2D eigenvalue weighted by Crippen LogP contribution is 2.20. The maximum atomic E-state index is 10.7. The summed E-state index contributed by atoms with van der Waals surface area (Å²) in [6, 6.07) is 0. The Morgan fingerprint density at radius 2 is 1.83 bits per heavy atom. The van der Waals surface area contributed by atoms with E-state index in [9.17, 15) is 18.0 Å². The molecule has 0 bridgehead atoms. The molecule has 0 spiro atoms. The first kappa shape index (κ1) is 16.5. The summed E-state index contributed by atoms with van der Waals surface area (Å²) in [5, 5.41) is 8.37. The van der Waals surface area contributed by atoms with Gasteiger partial charge >= 0.3 is 21.6 Å². The van der Waals surface area contributed by atoms with Crippen molar-refractivity contribution in [2.75, 3.05) is 20.3 Å². The fourth-order valence-electron chi connectivity index (χ4n) is 0.865. The lowest BCUT2D eigenvalue weighted by molar-refractivity contribution is -0.137. The summed E-state index contributed by atoms with van der Waals surface area (Å²) in [4.78, 5) is 13.8. The maximum absolute atomic E-state index is 10.7. The zero-order valence-electron chi connectivity index (χ0n) is 9.12. The monoisotopic (exact) mass is 292 g/mol. The third kappa shape index (κ3) is 6.30. The van der Waals surface area contributed by atoms with Crippen LogP contribution in [0.1, 0.15) is 0 Å². The fourth-order valence-corrected chi connectivity index (χ4v) is 0.865. The van der Waals surface area contributed by atoms with Crippen LogP contribution in [0.25, 0.3) is 0 Å². The number of carboxylic acids is 1. The lowest BCUT2D eigenvalue weighted by Crippen LogP contribution is -2.27. The molecule has 0 aromatic carbocycles. The molecule has 0 aliphatic carbocycles. The van der Waals surface area contributed by atoms with Gasteiger partial charge < -0.3 is 14.9 Å². The Balaban J connectivity index is 0.000000331. The number of halogens is 3. The Morgan fingerprint density at radius 1 is 1.39 bits per heavy atom. The summed E-state index contributed by atoms with van der Waals surface area (Å²) in [6.07, 6.45) is 3.62. The molecule has 18 heavy (non-hydrogen) atoms. The van der Waals surface area contributed by atoms with Crippen LogP contribution in [0.2, 0.25) is 0 Å². The largest absolute Gasteiger partial charge is 0.522 e. The van der Waals surface area contributed by atoms with Gasteiger partial charge in [0, 0.05) is 19.4 Å². The smallest absolute Gasteiger partial charge is 0.480 e. The SMILES string of the molecule is CN1C=CN(CC(=O)O)C1.O=S(=O)(O)C(F)(F)F. The summed E-state index contributed by atoms with van der Waals surface area (Å²) in [5.41, 5.74) is -5.53. The minimum atomic E-state index is -5.84. The molecule has 106 valence electrons. The number of hydrogen-bond acceptors (Lipinski definition) is 5. The van der Waals surface area contributed by atoms with Crippen molar-refractivity contribution in [2.24, 2.45) is 0 Å². The highest BCUT2D eigenvalue weighted by Gasteiger charge is 2.44. The van der Waals surface area contributed by atoms with Crippen molar-refractivity contribution in [1.82, 2.24) is 9.80 Å². The van der Waals surface area contributed by atoms with Crippen molar-refractivity contribution in [3.63, 3.8) is 0 Å². The van der Waals surface area contributed by atoms with Crippen LogP contribution in [0.15, 0.2) is 12.4 Å². The molecule has 0 amide bonds. The molecule has 0 radical (unpaired) electrons. The van der Waals surface area contributed by atoms with Gasteiger partial charge in [0.1, 0.15) is 6.54 Å². The summed E-state index contributed by atoms with van der Waals surface area (Å²) in [6.45, 7) is 0.757. The van der Waals surface area contributed by atoms with Gasteiger partial charge in [0.25, 0.3) is 0 Å². The minimum absolute atomic E-state index is 0.0842. The van der Waals surface area contributed by atoms with E-state index in [0.717, 1.165) is 0 Å². The maximum Gasteiger partial charge on any atom is 0.522 e. The first-order chi connectivity index (χ1) is 7.93. The normalized spacial score (nSPS) is 15.4. The molecule has 1 rings (SSSR count). The van der Waals surface area contributed by atoms with E-state index in [4.69, 9.17) is 18.1 Å². The average Bonchev–Trinajstić information content (AvgIpc) is 2.47. The van der Waals surface area contributed by atoms with Gasteiger partial charge in [-0.05, 0) is 0 Å². The van der Waals surface area contributed by atoms with Crippen LogP contribution in [-0.4, -0.2) is 59.6 Å². The van der Waals surface area contributed by atoms with Crippen LogP contribution in [-0.2, 0) is 14.9 Å².